The molecule has 10 heteroatoms. The fourth-order valence-electron chi connectivity index (χ4n) is 8.31. The summed E-state index contributed by atoms with van der Waals surface area (Å²) < 4.78 is 0. The molecule has 0 aromatic heterocycles. The summed E-state index contributed by atoms with van der Waals surface area (Å²) in [6.07, 6.45) is 10.2. The van der Waals surface area contributed by atoms with Gasteiger partial charge in [0.1, 0.15) is 0 Å². The Morgan fingerprint density at radius 3 is 1.13 bits per heavy atom. The molecule has 2 saturated carbocycles. The van der Waals surface area contributed by atoms with E-state index in [2.05, 4.69) is 24.3 Å². The minimum Gasteiger partial charge on any atom is -0.339 e. The standard InChI is InChI=1S/C28H32N4O6/c33-19(5-7-31-25(35)21-15-1-2-16(13-15)22(21)26(31)36)29-9-11-30(12-10-29)20(34)6-8-32-27(37)23-17-3-4-18(14-17)24(23)28(32)38/h1-4,15-18,21-24H,5-14H2/t15-,16-,17-,18+,21-,22+,23-,24+/m0/s1. The number of nitrogens with zero attached hydrogens (tertiary/aromatic N) is 4. The van der Waals surface area contributed by atoms with Crippen LogP contribution < -0.4 is 0 Å². The Morgan fingerprint density at radius 1 is 0.553 bits per heavy atom. The first kappa shape index (κ1) is 23.8. The van der Waals surface area contributed by atoms with Gasteiger partial charge in [0.15, 0.2) is 0 Å². The van der Waals surface area contributed by atoms with Crippen molar-refractivity contribution >= 4 is 35.4 Å². The second kappa shape index (κ2) is 8.61. The van der Waals surface area contributed by atoms with Crippen molar-refractivity contribution in [2.45, 2.75) is 25.7 Å². The van der Waals surface area contributed by atoms with E-state index in [0.717, 1.165) is 12.8 Å². The molecule has 0 radical (unpaired) electrons. The minimum absolute atomic E-state index is 0.0893. The van der Waals surface area contributed by atoms with Crippen LogP contribution in [0, 0.1) is 47.3 Å². The van der Waals surface area contributed by atoms with E-state index in [1.807, 2.05) is 0 Å². The molecule has 6 amide bonds. The highest BCUT2D eigenvalue weighted by atomic mass is 16.2. The first-order chi connectivity index (χ1) is 18.3. The summed E-state index contributed by atoms with van der Waals surface area (Å²) >= 11 is 0. The maximum Gasteiger partial charge on any atom is 0.233 e. The lowest BCUT2D eigenvalue weighted by Crippen LogP contribution is -2.51. The van der Waals surface area contributed by atoms with Gasteiger partial charge in [-0.1, -0.05) is 24.3 Å². The fourth-order valence-corrected chi connectivity index (χ4v) is 8.31. The second-order valence-corrected chi connectivity index (χ2v) is 11.9. The van der Waals surface area contributed by atoms with Gasteiger partial charge in [0.25, 0.3) is 0 Å². The van der Waals surface area contributed by atoms with E-state index in [9.17, 15) is 28.8 Å². The molecule has 3 saturated heterocycles. The number of piperazine rings is 1. The molecule has 200 valence electrons. The molecule has 4 aliphatic carbocycles. The predicted molar refractivity (Wildman–Crippen MR) is 131 cm³/mol. The van der Waals surface area contributed by atoms with Crippen LogP contribution in [-0.4, -0.2) is 94.3 Å². The number of imide groups is 2. The summed E-state index contributed by atoms with van der Waals surface area (Å²) in [6.45, 7) is 1.75. The zero-order valence-corrected chi connectivity index (χ0v) is 21.2. The molecule has 38 heavy (non-hydrogen) atoms. The molecule has 7 rings (SSSR count). The van der Waals surface area contributed by atoms with E-state index < -0.39 is 0 Å². The fraction of sp³-hybridized carbons (Fsp3) is 0.643. The van der Waals surface area contributed by atoms with Crippen molar-refractivity contribution in [2.75, 3.05) is 39.3 Å². The van der Waals surface area contributed by atoms with Gasteiger partial charge in [-0.3, -0.25) is 38.6 Å². The van der Waals surface area contributed by atoms with Gasteiger partial charge in [-0.25, -0.2) is 0 Å². The van der Waals surface area contributed by atoms with Crippen LogP contribution in [0.3, 0.4) is 0 Å². The van der Waals surface area contributed by atoms with E-state index in [0.29, 0.717) is 26.2 Å². The first-order valence-electron chi connectivity index (χ1n) is 14.0. The molecule has 0 unspecified atom stereocenters. The molecule has 0 N–H and O–H groups in total. The van der Waals surface area contributed by atoms with E-state index >= 15 is 0 Å². The monoisotopic (exact) mass is 520 g/mol. The molecule has 10 nitrogen and oxygen atoms in total. The van der Waals surface area contributed by atoms with Crippen LogP contribution in [0.1, 0.15) is 25.7 Å². The van der Waals surface area contributed by atoms with Crippen LogP contribution in [0.2, 0.25) is 0 Å². The Hall–Kier alpha value is -3.30. The molecule has 0 aromatic rings. The van der Waals surface area contributed by atoms with Gasteiger partial charge >= 0.3 is 0 Å². The average Bonchev–Trinajstić information content (AvgIpc) is 3.76. The summed E-state index contributed by atoms with van der Waals surface area (Å²) in [7, 11) is 0. The highest BCUT2D eigenvalue weighted by Crippen LogP contribution is 2.53. The van der Waals surface area contributed by atoms with Crippen LogP contribution >= 0.6 is 0 Å². The van der Waals surface area contributed by atoms with E-state index in [-0.39, 0.29) is 109 Å². The molecular weight excluding hydrogens is 488 g/mol. The molecular formula is C28H32N4O6. The normalized spacial score (nSPS) is 38.3. The molecule has 4 bridgehead atoms. The van der Waals surface area contributed by atoms with E-state index in [1.54, 1.807) is 9.80 Å². The van der Waals surface area contributed by atoms with Crippen molar-refractivity contribution in [3.05, 3.63) is 24.3 Å². The second-order valence-electron chi connectivity index (χ2n) is 11.9. The van der Waals surface area contributed by atoms with Crippen LogP contribution in [-0.2, 0) is 28.8 Å². The molecule has 0 aromatic carbocycles. The predicted octanol–water partition coefficient (Wildman–Crippen LogP) is 0.0516. The number of likely N-dealkylation sites (tertiary alicyclic amines) is 2. The van der Waals surface area contributed by atoms with Crippen LogP contribution in [0.5, 0.6) is 0 Å². The summed E-state index contributed by atoms with van der Waals surface area (Å²) in [5.74, 6) is -1.18. The number of carbonyl (C=O) groups excluding carboxylic acids is 6. The van der Waals surface area contributed by atoms with Crippen molar-refractivity contribution in [3.63, 3.8) is 0 Å². The largest absolute Gasteiger partial charge is 0.339 e. The Kier molecular flexibility index (Phi) is 5.39. The first-order valence-corrected chi connectivity index (χ1v) is 14.0. The summed E-state index contributed by atoms with van der Waals surface area (Å²) in [4.78, 5) is 82.9. The highest BCUT2D eigenvalue weighted by molar-refractivity contribution is 6.07. The molecule has 3 heterocycles. The number of carbonyl (C=O) groups is 6. The van der Waals surface area contributed by atoms with Crippen LogP contribution in [0.15, 0.2) is 24.3 Å². The SMILES string of the molecule is O=C(CCN1C(=O)[C@@H]2[C@H](C1=O)[C@@H]1C=C[C@H]2C1)N1CCN(C(=O)CCN2C(=O)[C@@H]3[C@H](C2=O)[C@H]2C=C[C@H]3C2)CC1. The van der Waals surface area contributed by atoms with Gasteiger partial charge in [-0.15, -0.1) is 0 Å². The molecule has 8 atom stereocenters. The number of fused-ring (bicyclic) bond motifs is 10. The summed E-state index contributed by atoms with van der Waals surface area (Å²) in [6, 6.07) is 0. The lowest BCUT2D eigenvalue weighted by atomic mass is 9.85. The van der Waals surface area contributed by atoms with Crippen LogP contribution in [0.4, 0.5) is 0 Å². The van der Waals surface area contributed by atoms with E-state index in [4.69, 9.17) is 0 Å². The number of amides is 6. The van der Waals surface area contributed by atoms with E-state index in [1.165, 1.54) is 9.80 Å². The quantitative estimate of drug-likeness (QED) is 0.361. The van der Waals surface area contributed by atoms with Crippen molar-refractivity contribution in [2.24, 2.45) is 47.3 Å². The Labute approximate surface area is 220 Å². The maximum absolute atomic E-state index is 12.8. The Bertz CT molecular complexity index is 1050. The third kappa shape index (κ3) is 3.37. The zero-order valence-electron chi connectivity index (χ0n) is 21.2. The van der Waals surface area contributed by atoms with Crippen molar-refractivity contribution in [1.82, 2.24) is 19.6 Å². The minimum atomic E-state index is -0.250. The topological polar surface area (TPSA) is 115 Å². The third-order valence-corrected chi connectivity index (χ3v) is 10.2. The number of allylic oxidation sites excluding steroid dienone is 4. The Balaban J connectivity index is 0.866. The van der Waals surface area contributed by atoms with Crippen molar-refractivity contribution in [1.29, 1.82) is 0 Å². The van der Waals surface area contributed by atoms with Gasteiger partial charge in [-0.2, -0.15) is 0 Å². The summed E-state index contributed by atoms with van der Waals surface area (Å²) in [5, 5.41) is 0. The lowest BCUT2D eigenvalue weighted by molar-refractivity contribution is -0.145. The zero-order chi connectivity index (χ0) is 26.3. The Morgan fingerprint density at radius 2 is 0.842 bits per heavy atom. The van der Waals surface area contributed by atoms with Gasteiger partial charge in [0.05, 0.1) is 23.7 Å². The van der Waals surface area contributed by atoms with Crippen molar-refractivity contribution < 1.29 is 28.8 Å². The summed E-state index contributed by atoms with van der Waals surface area (Å²) in [5.41, 5.74) is 0. The molecule has 5 fully saturated rings. The van der Waals surface area contributed by atoms with Gasteiger partial charge in [0, 0.05) is 52.1 Å². The average molecular weight is 521 g/mol. The van der Waals surface area contributed by atoms with Gasteiger partial charge in [0.2, 0.25) is 35.4 Å². The molecule has 7 aliphatic rings. The smallest absolute Gasteiger partial charge is 0.233 e. The highest BCUT2D eigenvalue weighted by Gasteiger charge is 2.60. The van der Waals surface area contributed by atoms with Gasteiger partial charge in [-0.05, 0) is 36.5 Å². The van der Waals surface area contributed by atoms with Gasteiger partial charge < -0.3 is 9.80 Å². The lowest BCUT2D eigenvalue weighted by Gasteiger charge is -2.35. The number of hydrogen-bond donors (Lipinski definition) is 0. The number of rotatable bonds is 6. The van der Waals surface area contributed by atoms with Crippen molar-refractivity contribution in [3.8, 4) is 0 Å². The maximum atomic E-state index is 12.8. The molecule has 3 aliphatic heterocycles. The molecule has 0 spiro atoms. The number of hydrogen-bond acceptors (Lipinski definition) is 6. The third-order valence-electron chi connectivity index (χ3n) is 10.2. The van der Waals surface area contributed by atoms with Crippen LogP contribution in [0.25, 0.3) is 0 Å².